The molecule has 3 rings (SSSR count). The van der Waals surface area contributed by atoms with Gasteiger partial charge in [-0.3, -0.25) is 9.58 Å². The highest BCUT2D eigenvalue weighted by Crippen LogP contribution is 2.28. The second-order valence-corrected chi connectivity index (χ2v) is 6.30. The van der Waals surface area contributed by atoms with Crippen molar-refractivity contribution in [3.8, 4) is 5.75 Å². The van der Waals surface area contributed by atoms with E-state index in [4.69, 9.17) is 27.9 Å². The molecule has 0 aliphatic carbocycles. The summed E-state index contributed by atoms with van der Waals surface area (Å²) < 4.78 is 7.55. The summed E-state index contributed by atoms with van der Waals surface area (Å²) in [6, 6.07) is 5.78. The Balaban J connectivity index is 1.84. The molecule has 2 heterocycles. The van der Waals surface area contributed by atoms with Gasteiger partial charge >= 0.3 is 0 Å². The van der Waals surface area contributed by atoms with Gasteiger partial charge in [0.15, 0.2) is 0 Å². The fourth-order valence-corrected chi connectivity index (χ4v) is 3.22. The van der Waals surface area contributed by atoms with E-state index in [9.17, 15) is 0 Å². The Kier molecular flexibility index (Phi) is 4.62. The molecular weight excluding hydrogens is 321 g/mol. The normalized spacial score (nSPS) is 15.3. The Morgan fingerprint density at radius 2 is 2.14 bits per heavy atom. The Morgan fingerprint density at radius 3 is 2.91 bits per heavy atom. The van der Waals surface area contributed by atoms with Crippen LogP contribution in [0.5, 0.6) is 5.75 Å². The van der Waals surface area contributed by atoms with Gasteiger partial charge in [-0.05, 0) is 24.6 Å². The first-order valence-electron chi connectivity index (χ1n) is 7.42. The molecule has 0 fully saturated rings. The zero-order chi connectivity index (χ0) is 15.7. The molecule has 4 nitrogen and oxygen atoms in total. The maximum Gasteiger partial charge on any atom is 0.131 e. The summed E-state index contributed by atoms with van der Waals surface area (Å²) in [5.41, 5.74) is 3.28. The van der Waals surface area contributed by atoms with E-state index in [-0.39, 0.29) is 0 Å². The Bertz CT molecular complexity index is 684. The molecule has 0 atom stereocenters. The van der Waals surface area contributed by atoms with Gasteiger partial charge in [-0.15, -0.1) is 0 Å². The van der Waals surface area contributed by atoms with Crippen LogP contribution in [0.25, 0.3) is 0 Å². The molecule has 1 aromatic heterocycles. The number of ether oxygens (including phenoxy) is 1. The average Bonchev–Trinajstić information content (AvgIpc) is 2.66. The third-order valence-electron chi connectivity index (χ3n) is 3.95. The molecule has 118 valence electrons. The van der Waals surface area contributed by atoms with Crippen LogP contribution in [0.15, 0.2) is 18.2 Å². The highest BCUT2D eigenvalue weighted by molar-refractivity contribution is 6.30. The number of benzene rings is 1. The number of rotatable bonds is 3. The number of hydrogen-bond acceptors (Lipinski definition) is 3. The standard InChI is InChI=1S/C16H19Cl2N3O/c1-3-14-13(16(18)20(2)19-14)10-21-6-7-22-15-5-4-12(17)8-11(15)9-21/h4-5,8H,3,6-7,9-10H2,1-2H3. The second kappa shape index (κ2) is 6.49. The van der Waals surface area contributed by atoms with Crippen LogP contribution in [0.3, 0.4) is 0 Å². The fourth-order valence-electron chi connectivity index (χ4n) is 2.82. The predicted octanol–water partition coefficient (Wildman–Crippen LogP) is 3.68. The Morgan fingerprint density at radius 1 is 1.32 bits per heavy atom. The molecule has 2 aromatic rings. The van der Waals surface area contributed by atoms with Crippen LogP contribution in [0.4, 0.5) is 0 Å². The molecule has 0 spiro atoms. The van der Waals surface area contributed by atoms with Crippen LogP contribution in [-0.4, -0.2) is 27.8 Å². The average molecular weight is 340 g/mol. The van der Waals surface area contributed by atoms with Gasteiger partial charge in [-0.1, -0.05) is 30.1 Å². The SMILES string of the molecule is CCc1nn(C)c(Cl)c1CN1CCOc2ccc(Cl)cc2C1. The molecule has 1 aliphatic heterocycles. The van der Waals surface area contributed by atoms with Crippen molar-refractivity contribution in [1.82, 2.24) is 14.7 Å². The zero-order valence-corrected chi connectivity index (χ0v) is 14.3. The summed E-state index contributed by atoms with van der Waals surface area (Å²) in [5.74, 6) is 0.917. The van der Waals surface area contributed by atoms with Crippen molar-refractivity contribution in [2.24, 2.45) is 7.05 Å². The molecule has 0 saturated carbocycles. The molecule has 0 amide bonds. The molecule has 0 N–H and O–H groups in total. The third-order valence-corrected chi connectivity index (χ3v) is 4.66. The van der Waals surface area contributed by atoms with Crippen LogP contribution in [-0.2, 0) is 26.6 Å². The van der Waals surface area contributed by atoms with Crippen molar-refractivity contribution >= 4 is 23.2 Å². The quantitative estimate of drug-likeness (QED) is 0.854. The highest BCUT2D eigenvalue weighted by atomic mass is 35.5. The molecule has 1 aromatic carbocycles. The number of fused-ring (bicyclic) bond motifs is 1. The zero-order valence-electron chi connectivity index (χ0n) is 12.8. The Labute approximate surface area is 140 Å². The van der Waals surface area contributed by atoms with E-state index < -0.39 is 0 Å². The van der Waals surface area contributed by atoms with Crippen molar-refractivity contribution in [3.05, 3.63) is 45.2 Å². The van der Waals surface area contributed by atoms with Crippen LogP contribution < -0.4 is 4.74 Å². The van der Waals surface area contributed by atoms with E-state index in [1.165, 1.54) is 0 Å². The molecule has 0 bridgehead atoms. The monoisotopic (exact) mass is 339 g/mol. The number of halogens is 2. The van der Waals surface area contributed by atoms with E-state index in [0.29, 0.717) is 11.8 Å². The van der Waals surface area contributed by atoms with E-state index in [2.05, 4.69) is 16.9 Å². The van der Waals surface area contributed by atoms with Crippen molar-refractivity contribution < 1.29 is 4.74 Å². The van der Waals surface area contributed by atoms with Gasteiger partial charge in [-0.25, -0.2) is 0 Å². The lowest BCUT2D eigenvalue weighted by Crippen LogP contribution is -2.25. The Hall–Kier alpha value is -1.23. The van der Waals surface area contributed by atoms with Crippen LogP contribution >= 0.6 is 23.2 Å². The van der Waals surface area contributed by atoms with Gasteiger partial charge in [0.25, 0.3) is 0 Å². The largest absolute Gasteiger partial charge is 0.492 e. The van der Waals surface area contributed by atoms with Gasteiger partial charge in [0.2, 0.25) is 0 Å². The van der Waals surface area contributed by atoms with Crippen molar-refractivity contribution in [2.75, 3.05) is 13.2 Å². The summed E-state index contributed by atoms with van der Waals surface area (Å²) in [7, 11) is 1.88. The van der Waals surface area contributed by atoms with E-state index in [1.807, 2.05) is 25.2 Å². The minimum Gasteiger partial charge on any atom is -0.492 e. The molecule has 22 heavy (non-hydrogen) atoms. The molecule has 1 aliphatic rings. The summed E-state index contributed by atoms with van der Waals surface area (Å²) in [6.07, 6.45) is 0.878. The number of aromatic nitrogens is 2. The third kappa shape index (κ3) is 3.09. The predicted molar refractivity (Wildman–Crippen MR) is 88.7 cm³/mol. The minimum atomic E-state index is 0.661. The van der Waals surface area contributed by atoms with Crippen molar-refractivity contribution in [3.63, 3.8) is 0 Å². The maximum atomic E-state index is 6.40. The number of aryl methyl sites for hydroxylation is 2. The van der Waals surface area contributed by atoms with Gasteiger partial charge in [-0.2, -0.15) is 5.10 Å². The first-order chi connectivity index (χ1) is 10.6. The van der Waals surface area contributed by atoms with Gasteiger partial charge in [0.1, 0.15) is 17.5 Å². The number of hydrogen-bond donors (Lipinski definition) is 0. The van der Waals surface area contributed by atoms with E-state index >= 15 is 0 Å². The van der Waals surface area contributed by atoms with Crippen molar-refractivity contribution in [1.29, 1.82) is 0 Å². The van der Waals surface area contributed by atoms with Crippen LogP contribution in [0.2, 0.25) is 10.2 Å². The molecule has 6 heteroatoms. The van der Waals surface area contributed by atoms with Gasteiger partial charge in [0, 0.05) is 42.8 Å². The molecular formula is C16H19Cl2N3O. The summed E-state index contributed by atoms with van der Waals surface area (Å²) in [4.78, 5) is 2.32. The van der Waals surface area contributed by atoms with E-state index in [0.717, 1.165) is 53.6 Å². The number of nitrogens with zero attached hydrogens (tertiary/aromatic N) is 3. The van der Waals surface area contributed by atoms with Crippen molar-refractivity contribution in [2.45, 2.75) is 26.4 Å². The summed E-state index contributed by atoms with van der Waals surface area (Å²) in [6.45, 7) is 5.17. The fraction of sp³-hybridized carbons (Fsp3) is 0.438. The summed E-state index contributed by atoms with van der Waals surface area (Å²) >= 11 is 12.5. The molecule has 0 radical (unpaired) electrons. The lowest BCUT2D eigenvalue weighted by Gasteiger charge is -2.19. The van der Waals surface area contributed by atoms with E-state index in [1.54, 1.807) is 4.68 Å². The van der Waals surface area contributed by atoms with Crippen LogP contribution in [0.1, 0.15) is 23.7 Å². The lowest BCUT2D eigenvalue weighted by molar-refractivity contribution is 0.219. The first kappa shape index (κ1) is 15.7. The molecule has 0 unspecified atom stereocenters. The maximum absolute atomic E-state index is 6.40. The summed E-state index contributed by atoms with van der Waals surface area (Å²) in [5, 5.41) is 5.93. The molecule has 0 saturated heterocycles. The second-order valence-electron chi connectivity index (χ2n) is 5.50. The lowest BCUT2D eigenvalue weighted by atomic mass is 10.1. The topological polar surface area (TPSA) is 30.3 Å². The minimum absolute atomic E-state index is 0.661. The highest BCUT2D eigenvalue weighted by Gasteiger charge is 2.20. The van der Waals surface area contributed by atoms with Gasteiger partial charge < -0.3 is 4.74 Å². The smallest absolute Gasteiger partial charge is 0.131 e. The van der Waals surface area contributed by atoms with Gasteiger partial charge in [0.05, 0.1) is 5.69 Å². The first-order valence-corrected chi connectivity index (χ1v) is 8.18. The van der Waals surface area contributed by atoms with Crippen LogP contribution in [0, 0.1) is 0 Å².